The van der Waals surface area contributed by atoms with Gasteiger partial charge in [-0.1, -0.05) is 29.8 Å². The van der Waals surface area contributed by atoms with Crippen LogP contribution in [-0.2, 0) is 19.0 Å². The van der Waals surface area contributed by atoms with Crippen molar-refractivity contribution in [2.75, 3.05) is 26.9 Å². The second-order valence-corrected chi connectivity index (χ2v) is 9.77. The zero-order valence-corrected chi connectivity index (χ0v) is 20.4. The van der Waals surface area contributed by atoms with E-state index in [1.807, 2.05) is 13.8 Å². The van der Waals surface area contributed by atoms with E-state index in [0.717, 1.165) is 0 Å². The van der Waals surface area contributed by atoms with Crippen molar-refractivity contribution in [3.8, 4) is 0 Å². The van der Waals surface area contributed by atoms with Gasteiger partial charge < -0.3 is 29.4 Å². The Morgan fingerprint density at radius 2 is 2.12 bits per heavy atom. The van der Waals surface area contributed by atoms with E-state index in [1.54, 1.807) is 11.0 Å². The van der Waals surface area contributed by atoms with Crippen LogP contribution in [0, 0.1) is 11.7 Å². The molecule has 1 aromatic carbocycles. The monoisotopic (exact) mass is 526 g/mol. The lowest BCUT2D eigenvalue weighted by Crippen LogP contribution is -2.57. The van der Waals surface area contributed by atoms with Crippen LogP contribution in [0.25, 0.3) is 11.0 Å². The number of aromatic nitrogens is 2. The molecule has 2 aliphatic rings. The van der Waals surface area contributed by atoms with Crippen molar-refractivity contribution in [3.63, 3.8) is 0 Å². The average molecular weight is 527 g/mol. The lowest BCUT2D eigenvalue weighted by molar-refractivity contribution is -0.203. The summed E-state index contributed by atoms with van der Waals surface area (Å²) in [6.07, 6.45) is 0.805. The fourth-order valence-electron chi connectivity index (χ4n) is 4.52. The van der Waals surface area contributed by atoms with Crippen molar-refractivity contribution in [1.29, 1.82) is 0 Å². The number of methoxy groups -OCH3 is 1. The van der Waals surface area contributed by atoms with E-state index >= 15 is 0 Å². The number of imidazole rings is 1. The summed E-state index contributed by atoms with van der Waals surface area (Å²) in [4.78, 5) is 35.0. The van der Waals surface area contributed by atoms with Gasteiger partial charge in [0.15, 0.2) is 11.6 Å². The first-order chi connectivity index (χ1) is 15.7. The summed E-state index contributed by atoms with van der Waals surface area (Å²) >= 11 is 3.30. The zero-order chi connectivity index (χ0) is 23.8. The number of aromatic amines is 1. The Bertz CT molecular complexity index is 1040. The van der Waals surface area contributed by atoms with Crippen LogP contribution in [0.5, 0.6) is 0 Å². The highest BCUT2D eigenvalue weighted by molar-refractivity contribution is 9.10. The molecule has 2 atom stereocenters. The van der Waals surface area contributed by atoms with E-state index in [1.165, 1.54) is 13.2 Å². The Morgan fingerprint density at radius 1 is 1.39 bits per heavy atom. The smallest absolute Gasteiger partial charge is 0.407 e. The summed E-state index contributed by atoms with van der Waals surface area (Å²) < 4.78 is 31.6. The summed E-state index contributed by atoms with van der Waals surface area (Å²) in [5.74, 6) is -1.02. The number of hydrogen-bond donors (Lipinski definition) is 2. The highest BCUT2D eigenvalue weighted by Crippen LogP contribution is 2.40. The van der Waals surface area contributed by atoms with Gasteiger partial charge in [-0.3, -0.25) is 4.79 Å². The molecule has 2 aliphatic heterocycles. The van der Waals surface area contributed by atoms with Crippen LogP contribution in [0.4, 0.5) is 9.18 Å². The first-order valence-corrected chi connectivity index (χ1v) is 11.8. The number of halogens is 2. The van der Waals surface area contributed by atoms with Crippen molar-refractivity contribution in [2.45, 2.75) is 51.0 Å². The molecule has 0 bridgehead atoms. The summed E-state index contributed by atoms with van der Waals surface area (Å²) in [6, 6.07) is 1.84. The Balaban J connectivity index is 1.70. The molecule has 33 heavy (non-hydrogen) atoms. The summed E-state index contributed by atoms with van der Waals surface area (Å²) in [6.45, 7) is 5.02. The summed E-state index contributed by atoms with van der Waals surface area (Å²) in [7, 11) is 1.26. The third-order valence-corrected chi connectivity index (χ3v) is 6.46. The minimum absolute atomic E-state index is 0.143. The largest absolute Gasteiger partial charge is 0.453 e. The number of alkyl carbamates (subject to hydrolysis) is 1. The lowest BCUT2D eigenvalue weighted by Gasteiger charge is -2.44. The SMILES string of the molecule is COC(=O)NC(CC(C)C)C(=O)N1CC2(CCC1c1nc3c(F)cc(Br)cc3[nH]1)OCCO2. The number of carbonyl (C=O) groups excluding carboxylic acids is 2. The number of amides is 2. The van der Waals surface area contributed by atoms with Gasteiger partial charge in [0.05, 0.1) is 38.4 Å². The van der Waals surface area contributed by atoms with Crippen molar-refractivity contribution >= 4 is 39.0 Å². The second kappa shape index (κ2) is 9.55. The number of carbonyl (C=O) groups is 2. The number of nitrogens with one attached hydrogen (secondary N) is 2. The highest BCUT2D eigenvalue weighted by Gasteiger charge is 2.48. The number of piperidine rings is 1. The van der Waals surface area contributed by atoms with E-state index in [4.69, 9.17) is 14.2 Å². The third-order valence-electron chi connectivity index (χ3n) is 6.00. The standard InChI is InChI=1S/C22H28BrFN4O5/c1-12(2)8-16(26-21(30)31-3)20(29)28-11-22(32-6-7-33-22)5-4-17(28)19-25-15-10-13(23)9-14(24)18(15)27-19/h9-10,12,16-17H,4-8,11H2,1-3H3,(H,25,27)(H,26,30). The second-order valence-electron chi connectivity index (χ2n) is 8.85. The number of hydrogen-bond acceptors (Lipinski definition) is 6. The molecular formula is C22H28BrFN4O5. The minimum atomic E-state index is -0.889. The molecule has 0 radical (unpaired) electrons. The first-order valence-electron chi connectivity index (χ1n) is 11.0. The van der Waals surface area contributed by atoms with Crippen LogP contribution in [0.3, 0.4) is 0 Å². The fraction of sp³-hybridized carbons (Fsp3) is 0.591. The lowest BCUT2D eigenvalue weighted by atomic mass is 9.94. The Labute approximate surface area is 199 Å². The molecular weight excluding hydrogens is 499 g/mol. The van der Waals surface area contributed by atoms with Gasteiger partial charge in [0.2, 0.25) is 5.91 Å². The molecule has 2 amide bonds. The van der Waals surface area contributed by atoms with E-state index in [-0.39, 0.29) is 23.9 Å². The number of nitrogens with zero attached hydrogens (tertiary/aromatic N) is 2. The Hall–Kier alpha value is -2.24. The maximum atomic E-state index is 14.5. The van der Waals surface area contributed by atoms with Crippen molar-refractivity contribution in [2.24, 2.45) is 5.92 Å². The van der Waals surface area contributed by atoms with Crippen molar-refractivity contribution in [1.82, 2.24) is 20.2 Å². The molecule has 4 rings (SSSR count). The molecule has 9 nitrogen and oxygen atoms in total. The summed E-state index contributed by atoms with van der Waals surface area (Å²) in [5.41, 5.74) is 0.741. The predicted octanol–water partition coefficient (Wildman–Crippen LogP) is 3.64. The number of likely N-dealkylation sites (tertiary alicyclic amines) is 1. The van der Waals surface area contributed by atoms with Gasteiger partial charge in [-0.15, -0.1) is 0 Å². The predicted molar refractivity (Wildman–Crippen MR) is 121 cm³/mol. The third kappa shape index (κ3) is 4.99. The first kappa shape index (κ1) is 23.9. The molecule has 2 unspecified atom stereocenters. The van der Waals surface area contributed by atoms with Crippen molar-refractivity contribution in [3.05, 3.63) is 28.2 Å². The average Bonchev–Trinajstić information content (AvgIpc) is 3.39. The molecule has 180 valence electrons. The molecule has 11 heteroatoms. The molecule has 2 fully saturated rings. The Kier molecular flexibility index (Phi) is 6.92. The van der Waals surface area contributed by atoms with Crippen LogP contribution in [0.2, 0.25) is 0 Å². The van der Waals surface area contributed by atoms with Gasteiger partial charge in [0, 0.05) is 10.9 Å². The topological polar surface area (TPSA) is 106 Å². The fourth-order valence-corrected chi connectivity index (χ4v) is 4.95. The normalized spacial score (nSPS) is 21.0. The molecule has 2 saturated heterocycles. The number of rotatable bonds is 5. The van der Waals surface area contributed by atoms with Crippen LogP contribution in [0.1, 0.15) is 45.0 Å². The van der Waals surface area contributed by atoms with E-state index < -0.39 is 29.8 Å². The quantitative estimate of drug-likeness (QED) is 0.615. The molecule has 0 saturated carbocycles. The molecule has 3 heterocycles. The minimum Gasteiger partial charge on any atom is -0.453 e. The van der Waals surface area contributed by atoms with Gasteiger partial charge >= 0.3 is 6.09 Å². The van der Waals surface area contributed by atoms with Gasteiger partial charge in [0.25, 0.3) is 0 Å². The maximum Gasteiger partial charge on any atom is 0.407 e. The van der Waals surface area contributed by atoms with E-state index in [9.17, 15) is 14.0 Å². The van der Waals surface area contributed by atoms with Crippen LogP contribution in [0.15, 0.2) is 16.6 Å². The highest BCUT2D eigenvalue weighted by atomic mass is 79.9. The van der Waals surface area contributed by atoms with Gasteiger partial charge in [-0.05, 0) is 30.9 Å². The zero-order valence-electron chi connectivity index (χ0n) is 18.8. The number of fused-ring (bicyclic) bond motifs is 1. The van der Waals surface area contributed by atoms with Crippen molar-refractivity contribution < 1.29 is 28.2 Å². The molecule has 1 spiro atoms. The van der Waals surface area contributed by atoms with Crippen LogP contribution in [-0.4, -0.2) is 65.6 Å². The molecule has 1 aromatic heterocycles. The molecule has 2 N–H and O–H groups in total. The maximum absolute atomic E-state index is 14.5. The van der Waals surface area contributed by atoms with Gasteiger partial charge in [-0.2, -0.15) is 0 Å². The van der Waals surface area contributed by atoms with Gasteiger partial charge in [0.1, 0.15) is 17.4 Å². The van der Waals surface area contributed by atoms with Crippen LogP contribution >= 0.6 is 15.9 Å². The Morgan fingerprint density at radius 3 is 2.79 bits per heavy atom. The summed E-state index contributed by atoms with van der Waals surface area (Å²) in [5, 5.41) is 2.66. The number of H-pyrrole nitrogens is 1. The molecule has 0 aliphatic carbocycles. The van der Waals surface area contributed by atoms with Gasteiger partial charge in [-0.25, -0.2) is 14.2 Å². The van der Waals surface area contributed by atoms with E-state index in [2.05, 4.69) is 31.2 Å². The van der Waals surface area contributed by atoms with Crippen LogP contribution < -0.4 is 5.32 Å². The van der Waals surface area contributed by atoms with E-state index in [0.29, 0.717) is 48.3 Å². The molecule has 2 aromatic rings. The number of benzene rings is 1. The number of ether oxygens (including phenoxy) is 3.